The van der Waals surface area contributed by atoms with Crippen LogP contribution in [-0.4, -0.2) is 0 Å². The number of halogens is 1. The Balaban J connectivity index is 1.56. The summed E-state index contributed by atoms with van der Waals surface area (Å²) in [4.78, 5) is 0. The third kappa shape index (κ3) is 2.65. The maximum Gasteiger partial charge on any atom is 0.0178 e. The Kier molecular flexibility index (Phi) is 4.14. The fourth-order valence-corrected chi connectivity index (χ4v) is 6.43. The minimum Gasteiger partial charge on any atom is -0.0616 e. The molecule has 0 spiro atoms. The number of hydrogen-bond donors (Lipinski definition) is 0. The van der Waals surface area contributed by atoms with Gasteiger partial charge in [-0.25, -0.2) is 0 Å². The van der Waals surface area contributed by atoms with Gasteiger partial charge in [-0.3, -0.25) is 0 Å². The molecule has 0 aromatic heterocycles. The van der Waals surface area contributed by atoms with E-state index in [1.807, 2.05) is 0 Å². The zero-order valence-electron chi connectivity index (χ0n) is 19.2. The first kappa shape index (κ1) is 20.0. The highest BCUT2D eigenvalue weighted by molar-refractivity contribution is 9.10. The minimum atomic E-state index is -0.0379. The average Bonchev–Trinajstić information content (AvgIpc) is 3.09. The van der Waals surface area contributed by atoms with Gasteiger partial charge in [-0.15, -0.1) is 0 Å². The normalized spacial score (nSPS) is 14.0. The fraction of sp³-hybridized carbons (Fsp3) is 0.0909. The van der Waals surface area contributed by atoms with E-state index in [1.54, 1.807) is 0 Å². The summed E-state index contributed by atoms with van der Waals surface area (Å²) in [5, 5.41) is 7.93. The lowest BCUT2D eigenvalue weighted by Crippen LogP contribution is -2.15. The molecule has 0 nitrogen and oxygen atoms in total. The van der Waals surface area contributed by atoms with E-state index in [0.29, 0.717) is 0 Å². The molecule has 0 radical (unpaired) electrons. The molecule has 1 heteroatoms. The van der Waals surface area contributed by atoms with Crippen molar-refractivity contribution in [1.29, 1.82) is 0 Å². The minimum absolute atomic E-state index is 0.0379. The molecule has 0 saturated carbocycles. The van der Waals surface area contributed by atoms with Crippen molar-refractivity contribution in [3.63, 3.8) is 0 Å². The van der Waals surface area contributed by atoms with Crippen molar-refractivity contribution in [2.24, 2.45) is 0 Å². The first-order valence-electron chi connectivity index (χ1n) is 11.8. The van der Waals surface area contributed by atoms with E-state index in [2.05, 4.69) is 133 Å². The smallest absolute Gasteiger partial charge is 0.0178 e. The molecule has 0 N–H and O–H groups in total. The van der Waals surface area contributed by atoms with Crippen LogP contribution in [0.2, 0.25) is 0 Å². The van der Waals surface area contributed by atoms with Gasteiger partial charge in [0.15, 0.2) is 0 Å². The fourth-order valence-electron chi connectivity index (χ4n) is 6.07. The van der Waals surface area contributed by atoms with E-state index in [9.17, 15) is 0 Å². The predicted octanol–water partition coefficient (Wildman–Crippen LogP) is 9.88. The Bertz CT molecular complexity index is 1740. The highest BCUT2D eigenvalue weighted by Gasteiger charge is 2.35. The van der Waals surface area contributed by atoms with Gasteiger partial charge in [0.1, 0.15) is 0 Å². The van der Waals surface area contributed by atoms with E-state index in [-0.39, 0.29) is 5.41 Å². The molecular weight excluding hydrogens is 476 g/mol. The third-order valence-electron chi connectivity index (χ3n) is 7.72. The van der Waals surface area contributed by atoms with Gasteiger partial charge in [0.05, 0.1) is 0 Å². The largest absolute Gasteiger partial charge is 0.0616 e. The van der Waals surface area contributed by atoms with Gasteiger partial charge in [0, 0.05) is 9.89 Å². The second-order valence-electron chi connectivity index (χ2n) is 9.89. The van der Waals surface area contributed by atoms with E-state index >= 15 is 0 Å². The van der Waals surface area contributed by atoms with Crippen molar-refractivity contribution >= 4 is 48.2 Å². The molecule has 0 aliphatic heterocycles. The summed E-state index contributed by atoms with van der Waals surface area (Å²) in [6.07, 6.45) is 0. The number of hydrogen-bond acceptors (Lipinski definition) is 0. The lowest BCUT2D eigenvalue weighted by molar-refractivity contribution is 0.660. The molecule has 0 amide bonds. The second-order valence-corrected chi connectivity index (χ2v) is 10.8. The quantitative estimate of drug-likeness (QED) is 0.198. The topological polar surface area (TPSA) is 0 Å². The van der Waals surface area contributed by atoms with E-state index in [4.69, 9.17) is 0 Å². The summed E-state index contributed by atoms with van der Waals surface area (Å²) in [5.74, 6) is 0. The standard InChI is InChI=1S/C33H23Br/c1-33(2)30-18-20(14-16-26(30)27-17-15-21(34)19-31(27)33)22-12-7-13-29-25-9-4-3-8-23(25)24-10-5-6-11-28(24)32(22)29/h3-19H,1-2H3. The van der Waals surface area contributed by atoms with Crippen LogP contribution in [0.3, 0.4) is 0 Å². The van der Waals surface area contributed by atoms with Gasteiger partial charge in [-0.1, -0.05) is 115 Å². The first-order chi connectivity index (χ1) is 16.5. The Morgan fingerprint density at radius 2 is 1.03 bits per heavy atom. The molecule has 1 aliphatic rings. The van der Waals surface area contributed by atoms with Gasteiger partial charge in [0.2, 0.25) is 0 Å². The zero-order valence-corrected chi connectivity index (χ0v) is 20.8. The molecule has 0 fully saturated rings. The number of benzene rings is 6. The van der Waals surface area contributed by atoms with Crippen molar-refractivity contribution in [3.8, 4) is 22.3 Å². The molecule has 0 unspecified atom stereocenters. The highest BCUT2D eigenvalue weighted by Crippen LogP contribution is 2.51. The molecule has 0 heterocycles. The maximum atomic E-state index is 3.68. The lowest BCUT2D eigenvalue weighted by Gasteiger charge is -2.22. The summed E-state index contributed by atoms with van der Waals surface area (Å²) < 4.78 is 1.14. The van der Waals surface area contributed by atoms with Gasteiger partial charge in [0.25, 0.3) is 0 Å². The summed E-state index contributed by atoms with van der Waals surface area (Å²) in [6, 6.07) is 38.2. The summed E-state index contributed by atoms with van der Waals surface area (Å²) in [5.41, 5.74) is 8.04. The van der Waals surface area contributed by atoms with Crippen LogP contribution in [0.4, 0.5) is 0 Å². The summed E-state index contributed by atoms with van der Waals surface area (Å²) in [6.45, 7) is 4.69. The highest BCUT2D eigenvalue weighted by atomic mass is 79.9. The maximum absolute atomic E-state index is 3.68. The molecule has 1 aliphatic carbocycles. The molecule has 162 valence electrons. The molecule has 0 saturated heterocycles. The van der Waals surface area contributed by atoms with Crippen LogP contribution in [0.15, 0.2) is 108 Å². The van der Waals surface area contributed by atoms with Crippen LogP contribution in [0.5, 0.6) is 0 Å². The third-order valence-corrected chi connectivity index (χ3v) is 8.21. The van der Waals surface area contributed by atoms with Gasteiger partial charge >= 0.3 is 0 Å². The molecular formula is C33H23Br. The van der Waals surface area contributed by atoms with Gasteiger partial charge in [-0.2, -0.15) is 0 Å². The second kappa shape index (κ2) is 7.04. The van der Waals surface area contributed by atoms with Crippen LogP contribution in [0.1, 0.15) is 25.0 Å². The Morgan fingerprint density at radius 1 is 0.500 bits per heavy atom. The zero-order chi connectivity index (χ0) is 23.0. The van der Waals surface area contributed by atoms with E-state index in [0.717, 1.165) is 4.47 Å². The molecule has 6 aromatic carbocycles. The van der Waals surface area contributed by atoms with Gasteiger partial charge < -0.3 is 0 Å². The predicted molar refractivity (Wildman–Crippen MR) is 150 cm³/mol. The van der Waals surface area contributed by atoms with Gasteiger partial charge in [-0.05, 0) is 83.9 Å². The Labute approximate surface area is 208 Å². The van der Waals surface area contributed by atoms with Crippen molar-refractivity contribution in [3.05, 3.63) is 119 Å². The summed E-state index contributed by atoms with van der Waals surface area (Å²) >= 11 is 3.68. The number of rotatable bonds is 1. The number of fused-ring (bicyclic) bond motifs is 9. The lowest BCUT2D eigenvalue weighted by atomic mass is 9.81. The van der Waals surface area contributed by atoms with Crippen molar-refractivity contribution in [1.82, 2.24) is 0 Å². The van der Waals surface area contributed by atoms with Crippen LogP contribution >= 0.6 is 15.9 Å². The van der Waals surface area contributed by atoms with Crippen molar-refractivity contribution < 1.29 is 0 Å². The molecule has 6 aromatic rings. The molecule has 7 rings (SSSR count). The van der Waals surface area contributed by atoms with E-state index in [1.165, 1.54) is 65.7 Å². The van der Waals surface area contributed by atoms with E-state index < -0.39 is 0 Å². The Hall–Kier alpha value is -3.42. The molecule has 0 atom stereocenters. The monoisotopic (exact) mass is 498 g/mol. The molecule has 0 bridgehead atoms. The average molecular weight is 499 g/mol. The van der Waals surface area contributed by atoms with Crippen LogP contribution in [0.25, 0.3) is 54.6 Å². The first-order valence-corrected chi connectivity index (χ1v) is 12.6. The van der Waals surface area contributed by atoms with Crippen LogP contribution < -0.4 is 0 Å². The van der Waals surface area contributed by atoms with Crippen LogP contribution in [-0.2, 0) is 5.41 Å². The van der Waals surface area contributed by atoms with Crippen molar-refractivity contribution in [2.75, 3.05) is 0 Å². The van der Waals surface area contributed by atoms with Crippen molar-refractivity contribution in [2.45, 2.75) is 19.3 Å². The van der Waals surface area contributed by atoms with Crippen LogP contribution in [0, 0.1) is 0 Å². The molecule has 34 heavy (non-hydrogen) atoms. The SMILES string of the molecule is CC1(C)c2cc(Br)ccc2-c2ccc(-c3cccc4c5ccccc5c5ccccc5c34)cc21. The Morgan fingerprint density at radius 3 is 1.71 bits per heavy atom. The summed E-state index contributed by atoms with van der Waals surface area (Å²) in [7, 11) is 0.